The highest BCUT2D eigenvalue weighted by molar-refractivity contribution is 6.01. The zero-order valence-corrected chi connectivity index (χ0v) is 28.9. The molecule has 1 aromatic carbocycles. The number of esters is 2. The summed E-state index contributed by atoms with van der Waals surface area (Å²) in [5.74, 6) is -1.67. The zero-order valence-electron chi connectivity index (χ0n) is 28.9. The maximum atomic E-state index is 13.1. The van der Waals surface area contributed by atoms with Gasteiger partial charge in [-0.2, -0.15) is 0 Å². The van der Waals surface area contributed by atoms with Gasteiger partial charge in [0.05, 0.1) is 6.54 Å². The van der Waals surface area contributed by atoms with E-state index in [0.29, 0.717) is 25.9 Å². The van der Waals surface area contributed by atoms with Gasteiger partial charge in [-0.15, -0.1) is 0 Å². The van der Waals surface area contributed by atoms with Crippen LogP contribution in [-0.2, 0) is 28.6 Å². The smallest absolute Gasteiger partial charge is 0.410 e. The first-order chi connectivity index (χ1) is 21.1. The molecular weight excluding hydrogens is 596 g/mol. The van der Waals surface area contributed by atoms with Crippen molar-refractivity contribution >= 4 is 29.7 Å². The minimum atomic E-state index is -0.725. The molecule has 2 rings (SSSR count). The first-order valence-electron chi connectivity index (χ1n) is 15.4. The molecule has 0 unspecified atom stereocenters. The van der Waals surface area contributed by atoms with Crippen molar-refractivity contribution in [2.24, 2.45) is 5.92 Å². The van der Waals surface area contributed by atoms with Crippen molar-refractivity contribution in [2.75, 3.05) is 39.9 Å². The Morgan fingerprint density at radius 2 is 1.28 bits per heavy atom. The molecule has 0 aliphatic carbocycles. The third kappa shape index (κ3) is 14.3. The molecule has 0 saturated carbocycles. The van der Waals surface area contributed by atoms with Gasteiger partial charge >= 0.3 is 18.0 Å². The fourth-order valence-corrected chi connectivity index (χ4v) is 4.26. The normalized spacial score (nSPS) is 14.4. The van der Waals surface area contributed by atoms with E-state index in [2.05, 4.69) is 0 Å². The molecule has 1 aromatic rings. The molecule has 1 heterocycles. The highest BCUT2D eigenvalue weighted by Crippen LogP contribution is 2.29. The van der Waals surface area contributed by atoms with Gasteiger partial charge in [-0.3, -0.25) is 9.59 Å². The van der Waals surface area contributed by atoms with E-state index in [1.54, 1.807) is 46.4 Å². The number of amides is 2. The molecule has 0 spiro atoms. The average Bonchev–Trinajstić information content (AvgIpc) is 2.91. The summed E-state index contributed by atoms with van der Waals surface area (Å²) in [5, 5.41) is 0. The maximum Gasteiger partial charge on any atom is 0.410 e. The lowest BCUT2D eigenvalue weighted by molar-refractivity contribution is -0.158. The number of Topliss-reactive ketones (excluding diaryl/α,β-unsaturated/α-hetero) is 1. The number of likely N-dealkylation sites (tertiary alicyclic amines) is 1. The average molecular weight is 647 g/mol. The third-order valence-electron chi connectivity index (χ3n) is 6.26. The van der Waals surface area contributed by atoms with E-state index >= 15 is 0 Å². The Bertz CT molecular complexity index is 1280. The fourth-order valence-electron chi connectivity index (χ4n) is 4.26. The standard InChI is InChI=1S/C34H50N2O10/c1-32(2,3)44-29(39)21-42-26-13-12-24(19-27(26)43-22-30(40)45-33(4,5)6)25(37)20-35(10)28(38)14-11-23-15-17-36(18-16-23)31(41)46-34(7,8)9/h11-14,19,23H,15-18,20-22H2,1-10H3/b14-11+. The lowest BCUT2D eigenvalue weighted by Gasteiger charge is -2.32. The van der Waals surface area contributed by atoms with Crippen molar-refractivity contribution in [3.63, 3.8) is 0 Å². The predicted molar refractivity (Wildman–Crippen MR) is 171 cm³/mol. The van der Waals surface area contributed by atoms with Crippen LogP contribution >= 0.6 is 0 Å². The van der Waals surface area contributed by atoms with Crippen molar-refractivity contribution in [2.45, 2.75) is 92.0 Å². The molecule has 0 atom stereocenters. The molecule has 0 N–H and O–H groups in total. The van der Waals surface area contributed by atoms with Crippen LogP contribution in [0.4, 0.5) is 4.79 Å². The number of benzene rings is 1. The number of allylic oxidation sites excluding steroid dienone is 1. The van der Waals surface area contributed by atoms with Crippen molar-refractivity contribution in [3.8, 4) is 11.5 Å². The van der Waals surface area contributed by atoms with Crippen LogP contribution in [-0.4, -0.2) is 96.2 Å². The van der Waals surface area contributed by atoms with Gasteiger partial charge in [-0.1, -0.05) is 6.08 Å². The van der Waals surface area contributed by atoms with Crippen LogP contribution in [0.25, 0.3) is 0 Å². The molecule has 0 aromatic heterocycles. The maximum absolute atomic E-state index is 13.1. The van der Waals surface area contributed by atoms with E-state index in [1.807, 2.05) is 26.8 Å². The second-order valence-electron chi connectivity index (χ2n) is 14.2. The highest BCUT2D eigenvalue weighted by Gasteiger charge is 2.26. The van der Waals surface area contributed by atoms with E-state index < -0.39 is 42.0 Å². The second-order valence-corrected chi connectivity index (χ2v) is 14.2. The summed E-state index contributed by atoms with van der Waals surface area (Å²) in [6.45, 7) is 15.8. The summed E-state index contributed by atoms with van der Waals surface area (Å²) in [5.41, 5.74) is -1.78. The number of carbonyl (C=O) groups excluding carboxylic acids is 5. The van der Waals surface area contributed by atoms with Crippen molar-refractivity contribution < 1.29 is 47.7 Å². The van der Waals surface area contributed by atoms with Gasteiger partial charge in [-0.25, -0.2) is 14.4 Å². The number of likely N-dealkylation sites (N-methyl/N-ethyl adjacent to an activating group) is 1. The summed E-state index contributed by atoms with van der Waals surface area (Å²) in [7, 11) is 1.52. The van der Waals surface area contributed by atoms with Gasteiger partial charge in [0, 0.05) is 25.7 Å². The van der Waals surface area contributed by atoms with E-state index in [-0.39, 0.29) is 47.3 Å². The second kappa shape index (κ2) is 16.0. The zero-order chi connectivity index (χ0) is 34.9. The summed E-state index contributed by atoms with van der Waals surface area (Å²) < 4.78 is 27.2. The number of hydrogen-bond acceptors (Lipinski definition) is 10. The lowest BCUT2D eigenvalue weighted by atomic mass is 9.96. The molecule has 0 radical (unpaired) electrons. The largest absolute Gasteiger partial charge is 0.478 e. The molecule has 1 saturated heterocycles. The van der Waals surface area contributed by atoms with Gasteiger partial charge in [0.1, 0.15) is 16.8 Å². The topological polar surface area (TPSA) is 138 Å². The Morgan fingerprint density at radius 3 is 1.78 bits per heavy atom. The molecule has 1 aliphatic rings. The molecule has 12 heteroatoms. The lowest BCUT2D eigenvalue weighted by Crippen LogP contribution is -2.41. The van der Waals surface area contributed by atoms with Crippen LogP contribution in [0.15, 0.2) is 30.4 Å². The van der Waals surface area contributed by atoms with Crippen LogP contribution in [0.5, 0.6) is 11.5 Å². The Hall–Kier alpha value is -4.09. The van der Waals surface area contributed by atoms with Crippen LogP contribution in [0.1, 0.15) is 85.5 Å². The van der Waals surface area contributed by atoms with Gasteiger partial charge < -0.3 is 33.5 Å². The van der Waals surface area contributed by atoms with Crippen LogP contribution in [0.3, 0.4) is 0 Å². The molecule has 1 aliphatic heterocycles. The summed E-state index contributed by atoms with van der Waals surface area (Å²) >= 11 is 0. The summed E-state index contributed by atoms with van der Waals surface area (Å²) in [6.07, 6.45) is 4.31. The fraction of sp³-hybridized carbons (Fsp3) is 0.618. The van der Waals surface area contributed by atoms with Crippen LogP contribution < -0.4 is 9.47 Å². The van der Waals surface area contributed by atoms with Gasteiger partial charge in [0.2, 0.25) is 5.91 Å². The molecule has 2 amide bonds. The highest BCUT2D eigenvalue weighted by atomic mass is 16.6. The monoisotopic (exact) mass is 646 g/mol. The SMILES string of the molecule is CN(CC(=O)c1ccc(OCC(=O)OC(C)(C)C)c(OCC(=O)OC(C)(C)C)c1)C(=O)/C=C/C1CCN(C(=O)OC(C)(C)C)CC1. The third-order valence-corrected chi connectivity index (χ3v) is 6.26. The first kappa shape index (κ1) is 38.1. The molecule has 12 nitrogen and oxygen atoms in total. The Morgan fingerprint density at radius 1 is 0.783 bits per heavy atom. The van der Waals surface area contributed by atoms with Gasteiger partial charge in [-0.05, 0) is 105 Å². The minimum Gasteiger partial charge on any atom is -0.478 e. The van der Waals surface area contributed by atoms with Crippen molar-refractivity contribution in [1.29, 1.82) is 0 Å². The quantitative estimate of drug-likeness (QED) is 0.140. The number of rotatable bonds is 11. The van der Waals surface area contributed by atoms with E-state index in [1.165, 1.54) is 36.2 Å². The number of nitrogens with zero attached hydrogens (tertiary/aromatic N) is 2. The molecular formula is C34H50N2O10. The Balaban J connectivity index is 2.04. The number of carbonyl (C=O) groups is 5. The Labute approximate surface area is 272 Å². The van der Waals surface area contributed by atoms with Crippen molar-refractivity contribution in [3.05, 3.63) is 35.9 Å². The number of ketones is 1. The summed E-state index contributed by atoms with van der Waals surface area (Å²) in [4.78, 5) is 65.7. The van der Waals surface area contributed by atoms with E-state index in [4.69, 9.17) is 23.7 Å². The van der Waals surface area contributed by atoms with Crippen LogP contribution in [0, 0.1) is 5.92 Å². The van der Waals surface area contributed by atoms with E-state index in [0.717, 1.165) is 0 Å². The predicted octanol–water partition coefficient (Wildman–Crippen LogP) is 4.97. The van der Waals surface area contributed by atoms with Gasteiger partial charge in [0.15, 0.2) is 30.5 Å². The summed E-state index contributed by atoms with van der Waals surface area (Å²) in [6, 6.07) is 4.33. The minimum absolute atomic E-state index is 0.0480. The number of ether oxygens (including phenoxy) is 5. The van der Waals surface area contributed by atoms with Crippen LogP contribution in [0.2, 0.25) is 0 Å². The van der Waals surface area contributed by atoms with E-state index in [9.17, 15) is 24.0 Å². The van der Waals surface area contributed by atoms with Gasteiger partial charge in [0.25, 0.3) is 0 Å². The first-order valence-corrected chi connectivity index (χ1v) is 15.4. The van der Waals surface area contributed by atoms with Crippen molar-refractivity contribution in [1.82, 2.24) is 9.80 Å². The molecule has 0 bridgehead atoms. The molecule has 1 fully saturated rings. The Kier molecular flexibility index (Phi) is 13.2. The number of hydrogen-bond donors (Lipinski definition) is 0. The molecule has 256 valence electrons. The molecule has 46 heavy (non-hydrogen) atoms. The number of piperidine rings is 1.